The molecule has 4 rings (SSSR count). The van der Waals surface area contributed by atoms with E-state index in [9.17, 15) is 23.1 Å². The van der Waals surface area contributed by atoms with Gasteiger partial charge < -0.3 is 14.3 Å². The van der Waals surface area contributed by atoms with E-state index in [4.69, 9.17) is 9.15 Å². The number of hydrogen-bond donors (Lipinski definition) is 1. The number of furan rings is 1. The van der Waals surface area contributed by atoms with Crippen LogP contribution >= 0.6 is 0 Å². The number of ether oxygens (including phenoxy) is 1. The minimum Gasteiger partial charge on any atom is -0.496 e. The topological polar surface area (TPSA) is 85.5 Å². The molecule has 2 aromatic carbocycles. The SMILES string of the molecule is COc1ccc(-c2cccc(-c3nc(-c4ccco4)cc(C(F)(F)F)n3)c2)cc1C(=O)O. The standard InChI is InChI=1S/C23H15F3N2O4/c1-31-18-8-7-14(11-16(18)22(29)30)13-4-2-5-15(10-13)21-27-17(19-6-3-9-32-19)12-20(28-21)23(24,25)26/h2-12H,1H3,(H,29,30). The van der Waals surface area contributed by atoms with Crippen molar-refractivity contribution in [3.05, 3.63) is 78.2 Å². The monoisotopic (exact) mass is 440 g/mol. The van der Waals surface area contributed by atoms with E-state index in [1.807, 2.05) is 0 Å². The summed E-state index contributed by atoms with van der Waals surface area (Å²) in [6.45, 7) is 0. The van der Waals surface area contributed by atoms with Crippen molar-refractivity contribution < 1.29 is 32.2 Å². The molecule has 162 valence electrons. The summed E-state index contributed by atoms with van der Waals surface area (Å²) in [5.41, 5.74) is 0.309. The van der Waals surface area contributed by atoms with Gasteiger partial charge in [0.05, 0.1) is 13.4 Å². The van der Waals surface area contributed by atoms with E-state index in [-0.39, 0.29) is 28.6 Å². The molecule has 9 heteroatoms. The summed E-state index contributed by atoms with van der Waals surface area (Å²) in [5, 5.41) is 9.41. The van der Waals surface area contributed by atoms with Crippen LogP contribution in [0.1, 0.15) is 16.1 Å². The van der Waals surface area contributed by atoms with Crippen LogP contribution in [0.3, 0.4) is 0 Å². The van der Waals surface area contributed by atoms with Crippen molar-refractivity contribution in [1.82, 2.24) is 9.97 Å². The third-order valence-electron chi connectivity index (χ3n) is 4.67. The summed E-state index contributed by atoms with van der Waals surface area (Å²) >= 11 is 0. The van der Waals surface area contributed by atoms with Crippen molar-refractivity contribution in [3.63, 3.8) is 0 Å². The lowest BCUT2D eigenvalue weighted by Crippen LogP contribution is -2.10. The van der Waals surface area contributed by atoms with Crippen LogP contribution in [0.5, 0.6) is 5.75 Å². The molecule has 6 nitrogen and oxygen atoms in total. The van der Waals surface area contributed by atoms with Crippen LogP contribution < -0.4 is 4.74 Å². The molecule has 0 unspecified atom stereocenters. The normalized spacial score (nSPS) is 11.4. The quantitative estimate of drug-likeness (QED) is 0.422. The number of carboxylic acids is 1. The first-order valence-corrected chi connectivity index (χ1v) is 9.28. The van der Waals surface area contributed by atoms with Crippen LogP contribution in [0.4, 0.5) is 13.2 Å². The Morgan fingerprint density at radius 3 is 2.38 bits per heavy atom. The lowest BCUT2D eigenvalue weighted by atomic mass is 10.00. The number of carbonyl (C=O) groups is 1. The lowest BCUT2D eigenvalue weighted by Gasteiger charge is -2.11. The van der Waals surface area contributed by atoms with Gasteiger partial charge in [0.15, 0.2) is 11.6 Å². The molecule has 0 amide bonds. The number of aromatic nitrogens is 2. The summed E-state index contributed by atoms with van der Waals surface area (Å²) in [7, 11) is 1.36. The van der Waals surface area contributed by atoms with E-state index in [1.165, 1.54) is 31.6 Å². The summed E-state index contributed by atoms with van der Waals surface area (Å²) in [6.07, 6.45) is -3.34. The van der Waals surface area contributed by atoms with E-state index in [0.717, 1.165) is 6.07 Å². The first kappa shape index (κ1) is 21.1. The number of rotatable bonds is 5. The van der Waals surface area contributed by atoms with Crippen molar-refractivity contribution in [2.24, 2.45) is 0 Å². The van der Waals surface area contributed by atoms with E-state index >= 15 is 0 Å². The van der Waals surface area contributed by atoms with Gasteiger partial charge in [0.25, 0.3) is 0 Å². The molecule has 0 spiro atoms. The van der Waals surface area contributed by atoms with Gasteiger partial charge in [-0.25, -0.2) is 14.8 Å². The summed E-state index contributed by atoms with van der Waals surface area (Å²) < 4.78 is 50.6. The molecule has 32 heavy (non-hydrogen) atoms. The summed E-state index contributed by atoms with van der Waals surface area (Å²) in [4.78, 5) is 19.5. The third kappa shape index (κ3) is 4.18. The first-order chi connectivity index (χ1) is 15.3. The highest BCUT2D eigenvalue weighted by molar-refractivity contribution is 5.93. The van der Waals surface area contributed by atoms with Crippen LogP contribution in [0.2, 0.25) is 0 Å². The fourth-order valence-corrected chi connectivity index (χ4v) is 3.16. The van der Waals surface area contributed by atoms with E-state index in [2.05, 4.69) is 9.97 Å². The first-order valence-electron chi connectivity index (χ1n) is 9.28. The molecule has 2 heterocycles. The molecule has 2 aromatic heterocycles. The second kappa shape index (κ2) is 8.18. The summed E-state index contributed by atoms with van der Waals surface area (Å²) in [5.74, 6) is -0.928. The Kier molecular flexibility index (Phi) is 5.40. The Bertz CT molecular complexity index is 1280. The minimum atomic E-state index is -4.68. The van der Waals surface area contributed by atoms with E-state index in [1.54, 1.807) is 36.4 Å². The number of benzene rings is 2. The second-order valence-electron chi connectivity index (χ2n) is 6.74. The highest BCUT2D eigenvalue weighted by Crippen LogP contribution is 2.34. The zero-order chi connectivity index (χ0) is 22.9. The third-order valence-corrected chi connectivity index (χ3v) is 4.67. The van der Waals surface area contributed by atoms with Crippen molar-refractivity contribution >= 4 is 5.97 Å². The number of methoxy groups -OCH3 is 1. The van der Waals surface area contributed by atoms with Crippen molar-refractivity contribution in [3.8, 4) is 39.7 Å². The highest BCUT2D eigenvalue weighted by atomic mass is 19.4. The Morgan fingerprint density at radius 1 is 0.969 bits per heavy atom. The molecule has 1 N–H and O–H groups in total. The van der Waals surface area contributed by atoms with Gasteiger partial charge in [0.1, 0.15) is 22.7 Å². The molecular formula is C23H15F3N2O4. The van der Waals surface area contributed by atoms with Gasteiger partial charge in [-0.15, -0.1) is 0 Å². The van der Waals surface area contributed by atoms with Crippen LogP contribution in [0.15, 0.2) is 71.3 Å². The van der Waals surface area contributed by atoms with Crippen molar-refractivity contribution in [2.45, 2.75) is 6.18 Å². The Hall–Kier alpha value is -4.14. The fraction of sp³-hybridized carbons (Fsp3) is 0.0870. The molecule has 0 aliphatic carbocycles. The number of carboxylic acid groups (broad SMARTS) is 1. The molecule has 0 fully saturated rings. The van der Waals surface area contributed by atoms with Crippen molar-refractivity contribution in [2.75, 3.05) is 7.11 Å². The molecule has 0 radical (unpaired) electrons. The zero-order valence-electron chi connectivity index (χ0n) is 16.6. The molecule has 0 saturated heterocycles. The number of halogens is 3. The summed E-state index contributed by atoms with van der Waals surface area (Å²) in [6, 6.07) is 15.0. The maximum Gasteiger partial charge on any atom is 0.433 e. The number of aromatic carboxylic acids is 1. The van der Waals surface area contributed by atoms with Gasteiger partial charge >= 0.3 is 12.1 Å². The number of alkyl halides is 3. The van der Waals surface area contributed by atoms with Gasteiger partial charge in [0, 0.05) is 5.56 Å². The van der Waals surface area contributed by atoms with Crippen LogP contribution in [-0.4, -0.2) is 28.2 Å². The maximum absolute atomic E-state index is 13.5. The predicted molar refractivity (Wildman–Crippen MR) is 109 cm³/mol. The van der Waals surface area contributed by atoms with Crippen LogP contribution in [0, 0.1) is 0 Å². The molecular weight excluding hydrogens is 425 g/mol. The van der Waals surface area contributed by atoms with E-state index < -0.39 is 17.8 Å². The second-order valence-corrected chi connectivity index (χ2v) is 6.74. The average Bonchev–Trinajstić information content (AvgIpc) is 3.33. The van der Waals surface area contributed by atoms with Gasteiger partial charge in [-0.1, -0.05) is 24.3 Å². The van der Waals surface area contributed by atoms with Crippen molar-refractivity contribution in [1.29, 1.82) is 0 Å². The Morgan fingerprint density at radius 2 is 1.72 bits per heavy atom. The molecule has 0 aliphatic rings. The lowest BCUT2D eigenvalue weighted by molar-refractivity contribution is -0.141. The van der Waals surface area contributed by atoms with Crippen LogP contribution in [-0.2, 0) is 6.18 Å². The van der Waals surface area contributed by atoms with Gasteiger partial charge in [-0.2, -0.15) is 13.2 Å². The maximum atomic E-state index is 13.5. The molecule has 0 atom stereocenters. The van der Waals surface area contributed by atoms with Gasteiger partial charge in [-0.3, -0.25) is 0 Å². The van der Waals surface area contributed by atoms with E-state index in [0.29, 0.717) is 16.7 Å². The van der Waals surface area contributed by atoms with Gasteiger partial charge in [-0.05, 0) is 47.5 Å². The molecule has 4 aromatic rings. The minimum absolute atomic E-state index is 0.00432. The average molecular weight is 440 g/mol. The van der Waals surface area contributed by atoms with Gasteiger partial charge in [0.2, 0.25) is 0 Å². The predicted octanol–water partition coefficient (Wildman–Crippen LogP) is 5.80. The molecule has 0 saturated carbocycles. The molecule has 0 aliphatic heterocycles. The largest absolute Gasteiger partial charge is 0.496 e. The zero-order valence-corrected chi connectivity index (χ0v) is 16.6. The molecule has 0 bridgehead atoms. The number of hydrogen-bond acceptors (Lipinski definition) is 5. The highest BCUT2D eigenvalue weighted by Gasteiger charge is 2.34. The fourth-order valence-electron chi connectivity index (χ4n) is 3.16. The van der Waals surface area contributed by atoms with Crippen LogP contribution in [0.25, 0.3) is 34.0 Å². The Balaban J connectivity index is 1.83. The smallest absolute Gasteiger partial charge is 0.433 e. The number of nitrogens with zero attached hydrogens (tertiary/aromatic N) is 2. The Labute approximate surface area is 179 Å².